The number of hydrogen-bond acceptors (Lipinski definition) is 2. The fraction of sp³-hybridized carbons (Fsp3) is 0.438. The number of halogens is 1. The van der Waals surface area contributed by atoms with E-state index in [-0.39, 0.29) is 17.8 Å². The van der Waals surface area contributed by atoms with Crippen molar-refractivity contribution in [3.8, 4) is 0 Å². The molecule has 1 unspecified atom stereocenters. The summed E-state index contributed by atoms with van der Waals surface area (Å²) in [5.74, 6) is -0.269. The number of benzene rings is 1. The van der Waals surface area contributed by atoms with Crippen molar-refractivity contribution in [3.63, 3.8) is 0 Å². The molecular weight excluding hydrogens is 255 g/mol. The first-order valence-corrected chi connectivity index (χ1v) is 7.06. The van der Waals surface area contributed by atoms with Gasteiger partial charge in [-0.1, -0.05) is 12.1 Å². The van der Waals surface area contributed by atoms with E-state index in [0.717, 1.165) is 36.9 Å². The highest BCUT2D eigenvalue weighted by Gasteiger charge is 2.24. The molecule has 1 aromatic rings. The summed E-state index contributed by atoms with van der Waals surface area (Å²) in [6, 6.07) is 6.32. The van der Waals surface area contributed by atoms with Crippen molar-refractivity contribution in [2.24, 2.45) is 5.73 Å². The summed E-state index contributed by atoms with van der Waals surface area (Å²) < 4.78 is 12.9. The Bertz CT molecular complexity index is 496. The number of amides is 1. The predicted molar refractivity (Wildman–Crippen MR) is 78.5 cm³/mol. The SMILES string of the molecule is C/C(=C\C(=O)N1CCCCC1CN)c1ccc(F)cc1. The van der Waals surface area contributed by atoms with Crippen LogP contribution in [0, 0.1) is 5.82 Å². The molecule has 1 fully saturated rings. The lowest BCUT2D eigenvalue weighted by atomic mass is 10.0. The van der Waals surface area contributed by atoms with Crippen LogP contribution in [0.25, 0.3) is 5.57 Å². The Kier molecular flexibility index (Phi) is 4.90. The Morgan fingerprint density at radius 3 is 2.75 bits per heavy atom. The summed E-state index contributed by atoms with van der Waals surface area (Å²) in [6.07, 6.45) is 4.77. The Morgan fingerprint density at radius 2 is 2.10 bits per heavy atom. The molecule has 2 rings (SSSR count). The van der Waals surface area contributed by atoms with Gasteiger partial charge in [0, 0.05) is 25.2 Å². The highest BCUT2D eigenvalue weighted by Crippen LogP contribution is 2.19. The van der Waals surface area contributed by atoms with E-state index in [1.54, 1.807) is 18.2 Å². The Labute approximate surface area is 119 Å². The highest BCUT2D eigenvalue weighted by molar-refractivity contribution is 5.95. The van der Waals surface area contributed by atoms with Crippen LogP contribution in [0.2, 0.25) is 0 Å². The summed E-state index contributed by atoms with van der Waals surface area (Å²) >= 11 is 0. The molecule has 0 spiro atoms. The van der Waals surface area contributed by atoms with Gasteiger partial charge in [-0.15, -0.1) is 0 Å². The molecule has 1 saturated heterocycles. The first-order chi connectivity index (χ1) is 9.61. The van der Waals surface area contributed by atoms with Crippen molar-refractivity contribution in [2.75, 3.05) is 13.1 Å². The van der Waals surface area contributed by atoms with E-state index in [0.29, 0.717) is 6.54 Å². The van der Waals surface area contributed by atoms with Crippen LogP contribution < -0.4 is 5.73 Å². The van der Waals surface area contributed by atoms with Gasteiger partial charge in [-0.2, -0.15) is 0 Å². The maximum absolute atomic E-state index is 12.9. The van der Waals surface area contributed by atoms with Gasteiger partial charge in [0.05, 0.1) is 0 Å². The van der Waals surface area contributed by atoms with Crippen LogP contribution in [0.1, 0.15) is 31.7 Å². The maximum Gasteiger partial charge on any atom is 0.247 e. The number of carbonyl (C=O) groups is 1. The predicted octanol–water partition coefficient (Wildman–Crippen LogP) is 2.57. The quantitative estimate of drug-likeness (QED) is 0.862. The molecule has 0 bridgehead atoms. The van der Waals surface area contributed by atoms with Gasteiger partial charge < -0.3 is 10.6 Å². The normalized spacial score (nSPS) is 20.1. The summed E-state index contributed by atoms with van der Waals surface area (Å²) in [5, 5.41) is 0. The van der Waals surface area contributed by atoms with Gasteiger partial charge in [0.15, 0.2) is 0 Å². The molecule has 1 aromatic carbocycles. The second kappa shape index (κ2) is 6.66. The van der Waals surface area contributed by atoms with Gasteiger partial charge in [-0.25, -0.2) is 4.39 Å². The van der Waals surface area contributed by atoms with E-state index in [1.165, 1.54) is 12.1 Å². The van der Waals surface area contributed by atoms with Crippen molar-refractivity contribution in [1.29, 1.82) is 0 Å². The third-order valence-corrected chi connectivity index (χ3v) is 3.82. The fourth-order valence-corrected chi connectivity index (χ4v) is 2.60. The number of nitrogens with zero attached hydrogens (tertiary/aromatic N) is 1. The van der Waals surface area contributed by atoms with E-state index in [9.17, 15) is 9.18 Å². The Morgan fingerprint density at radius 1 is 1.40 bits per heavy atom. The summed E-state index contributed by atoms with van der Waals surface area (Å²) in [6.45, 7) is 3.15. The van der Waals surface area contributed by atoms with Crippen LogP contribution in [0.5, 0.6) is 0 Å². The van der Waals surface area contributed by atoms with Crippen LogP contribution in [-0.2, 0) is 4.79 Å². The minimum absolute atomic E-state index is 0.00183. The van der Waals surface area contributed by atoms with Gasteiger partial charge in [-0.05, 0) is 49.5 Å². The molecular formula is C16H21FN2O. The van der Waals surface area contributed by atoms with Gasteiger partial charge in [0.2, 0.25) is 5.91 Å². The number of allylic oxidation sites excluding steroid dienone is 1. The van der Waals surface area contributed by atoms with E-state index in [4.69, 9.17) is 5.73 Å². The number of hydrogen-bond donors (Lipinski definition) is 1. The number of carbonyl (C=O) groups excluding carboxylic acids is 1. The van der Waals surface area contributed by atoms with E-state index in [2.05, 4.69) is 0 Å². The summed E-state index contributed by atoms with van der Waals surface area (Å²) in [5.41, 5.74) is 7.44. The Hall–Kier alpha value is -1.68. The van der Waals surface area contributed by atoms with Gasteiger partial charge in [0.25, 0.3) is 0 Å². The molecule has 20 heavy (non-hydrogen) atoms. The standard InChI is InChI=1S/C16H21FN2O/c1-12(13-5-7-14(17)8-6-13)10-16(20)19-9-3-2-4-15(19)11-18/h5-8,10,15H,2-4,9,11,18H2,1H3/b12-10+. The largest absolute Gasteiger partial charge is 0.335 e. The van der Waals surface area contributed by atoms with E-state index in [1.807, 2.05) is 11.8 Å². The van der Waals surface area contributed by atoms with Crippen LogP contribution in [0.15, 0.2) is 30.3 Å². The zero-order valence-corrected chi connectivity index (χ0v) is 11.8. The number of likely N-dealkylation sites (tertiary alicyclic amines) is 1. The summed E-state index contributed by atoms with van der Waals surface area (Å²) in [4.78, 5) is 14.2. The second-order valence-electron chi connectivity index (χ2n) is 5.25. The average Bonchev–Trinajstić information content (AvgIpc) is 2.47. The van der Waals surface area contributed by atoms with Crippen molar-refractivity contribution in [1.82, 2.24) is 4.90 Å². The highest BCUT2D eigenvalue weighted by atomic mass is 19.1. The molecule has 1 heterocycles. The van der Waals surface area contributed by atoms with Crippen LogP contribution in [0.4, 0.5) is 4.39 Å². The lowest BCUT2D eigenvalue weighted by Crippen LogP contribution is -2.46. The summed E-state index contributed by atoms with van der Waals surface area (Å²) in [7, 11) is 0. The fourth-order valence-electron chi connectivity index (χ4n) is 2.60. The van der Waals surface area contributed by atoms with Crippen molar-refractivity contribution in [2.45, 2.75) is 32.2 Å². The molecule has 0 radical (unpaired) electrons. The molecule has 4 heteroatoms. The van der Waals surface area contributed by atoms with Crippen molar-refractivity contribution < 1.29 is 9.18 Å². The molecule has 3 nitrogen and oxygen atoms in total. The smallest absolute Gasteiger partial charge is 0.247 e. The van der Waals surface area contributed by atoms with Crippen molar-refractivity contribution >= 4 is 11.5 Å². The van der Waals surface area contributed by atoms with Crippen molar-refractivity contribution in [3.05, 3.63) is 41.7 Å². The minimum atomic E-state index is -0.271. The van der Waals surface area contributed by atoms with E-state index < -0.39 is 0 Å². The molecule has 1 aliphatic heterocycles. The molecule has 2 N–H and O–H groups in total. The molecule has 0 aromatic heterocycles. The lowest BCUT2D eigenvalue weighted by molar-refractivity contribution is -0.129. The monoisotopic (exact) mass is 276 g/mol. The molecule has 108 valence electrons. The van der Waals surface area contributed by atoms with Crippen LogP contribution in [0.3, 0.4) is 0 Å². The van der Waals surface area contributed by atoms with Gasteiger partial charge in [0.1, 0.15) is 5.82 Å². The number of nitrogens with two attached hydrogens (primary N) is 1. The second-order valence-corrected chi connectivity index (χ2v) is 5.25. The Balaban J connectivity index is 2.12. The molecule has 1 aliphatic rings. The zero-order valence-electron chi connectivity index (χ0n) is 11.8. The lowest BCUT2D eigenvalue weighted by Gasteiger charge is -2.34. The number of rotatable bonds is 3. The molecule has 0 saturated carbocycles. The van der Waals surface area contributed by atoms with Gasteiger partial charge in [-0.3, -0.25) is 4.79 Å². The topological polar surface area (TPSA) is 46.3 Å². The van der Waals surface area contributed by atoms with Crippen LogP contribution >= 0.6 is 0 Å². The minimum Gasteiger partial charge on any atom is -0.335 e. The zero-order chi connectivity index (χ0) is 14.5. The first kappa shape index (κ1) is 14.7. The molecule has 1 atom stereocenters. The molecule has 1 amide bonds. The average molecular weight is 276 g/mol. The number of piperidine rings is 1. The maximum atomic E-state index is 12.9. The molecule has 0 aliphatic carbocycles. The third-order valence-electron chi connectivity index (χ3n) is 3.82. The first-order valence-electron chi connectivity index (χ1n) is 7.06. The van der Waals surface area contributed by atoms with Crippen LogP contribution in [-0.4, -0.2) is 29.9 Å². The van der Waals surface area contributed by atoms with Gasteiger partial charge >= 0.3 is 0 Å². The third kappa shape index (κ3) is 3.45. The van der Waals surface area contributed by atoms with E-state index >= 15 is 0 Å².